The van der Waals surface area contributed by atoms with E-state index >= 15 is 0 Å². The number of carbonyl (C=O) groups is 1. The van der Waals surface area contributed by atoms with Crippen LogP contribution in [0.25, 0.3) is 11.1 Å². The fourth-order valence-electron chi connectivity index (χ4n) is 5.22. The monoisotopic (exact) mass is 407 g/mol. The van der Waals surface area contributed by atoms with Crippen molar-refractivity contribution in [1.29, 1.82) is 0 Å². The Bertz CT molecular complexity index is 786. The number of aliphatic hydroxyl groups is 1. The Labute approximate surface area is 179 Å². The molecule has 4 heteroatoms. The van der Waals surface area contributed by atoms with Crippen LogP contribution in [-0.4, -0.2) is 47.6 Å². The zero-order valence-corrected chi connectivity index (χ0v) is 17.7. The van der Waals surface area contributed by atoms with Crippen molar-refractivity contribution in [2.24, 2.45) is 5.92 Å². The number of rotatable bonds is 8. The van der Waals surface area contributed by atoms with E-state index in [0.29, 0.717) is 19.4 Å². The van der Waals surface area contributed by atoms with E-state index < -0.39 is 0 Å². The number of carbonyl (C=O) groups excluding carboxylic acids is 1. The lowest BCUT2D eigenvalue weighted by molar-refractivity contribution is -0.108. The van der Waals surface area contributed by atoms with Gasteiger partial charge in [0.15, 0.2) is 0 Å². The third-order valence-corrected chi connectivity index (χ3v) is 6.74. The summed E-state index contributed by atoms with van der Waals surface area (Å²) < 4.78 is 6.33. The molecule has 1 saturated carbocycles. The summed E-state index contributed by atoms with van der Waals surface area (Å²) in [6, 6.07) is 19.0. The highest BCUT2D eigenvalue weighted by atomic mass is 16.5. The molecule has 0 spiro atoms. The van der Waals surface area contributed by atoms with E-state index in [4.69, 9.17) is 4.74 Å². The van der Waals surface area contributed by atoms with E-state index in [1.807, 2.05) is 6.07 Å². The van der Waals surface area contributed by atoms with Gasteiger partial charge in [0.25, 0.3) is 0 Å². The molecule has 4 rings (SSSR count). The number of ether oxygens (including phenoxy) is 1. The average Bonchev–Trinajstić information content (AvgIpc) is 3.12. The highest BCUT2D eigenvalue weighted by Gasteiger charge is 2.45. The van der Waals surface area contributed by atoms with Crippen molar-refractivity contribution < 1.29 is 14.6 Å². The maximum absolute atomic E-state index is 11.0. The van der Waals surface area contributed by atoms with Crippen LogP contribution < -0.4 is 0 Å². The minimum atomic E-state index is -0.370. The molecule has 2 aromatic carbocycles. The van der Waals surface area contributed by atoms with Crippen LogP contribution in [0, 0.1) is 5.92 Å². The number of hydrogen-bond acceptors (Lipinski definition) is 4. The molecular formula is C26H33NO3. The summed E-state index contributed by atoms with van der Waals surface area (Å²) in [5.41, 5.74) is 3.55. The van der Waals surface area contributed by atoms with Crippen molar-refractivity contribution in [2.45, 2.75) is 63.4 Å². The van der Waals surface area contributed by atoms with E-state index in [2.05, 4.69) is 53.4 Å². The maximum atomic E-state index is 11.0. The first-order valence-electron chi connectivity index (χ1n) is 11.4. The molecule has 30 heavy (non-hydrogen) atoms. The quantitative estimate of drug-likeness (QED) is 0.657. The topological polar surface area (TPSA) is 49.8 Å². The Morgan fingerprint density at radius 2 is 1.67 bits per heavy atom. The Morgan fingerprint density at radius 1 is 0.967 bits per heavy atom. The molecule has 1 heterocycles. The second kappa shape index (κ2) is 10.3. The molecule has 1 N–H and O–H groups in total. The third-order valence-electron chi connectivity index (χ3n) is 6.74. The van der Waals surface area contributed by atoms with E-state index in [-0.39, 0.29) is 24.2 Å². The van der Waals surface area contributed by atoms with Gasteiger partial charge in [-0.1, -0.05) is 61.0 Å². The van der Waals surface area contributed by atoms with Crippen LogP contribution in [-0.2, 0) is 16.1 Å². The molecule has 1 aliphatic carbocycles. The number of benzene rings is 2. The van der Waals surface area contributed by atoms with Gasteiger partial charge in [0.1, 0.15) is 6.29 Å². The molecule has 2 aromatic rings. The molecule has 0 aromatic heterocycles. The van der Waals surface area contributed by atoms with Gasteiger partial charge in [-0.15, -0.1) is 0 Å². The minimum absolute atomic E-state index is 0.000626. The summed E-state index contributed by atoms with van der Waals surface area (Å²) in [4.78, 5) is 13.5. The zero-order chi connectivity index (χ0) is 20.8. The molecule has 2 aliphatic rings. The van der Waals surface area contributed by atoms with Crippen LogP contribution in [0.5, 0.6) is 0 Å². The van der Waals surface area contributed by atoms with Gasteiger partial charge in [0.2, 0.25) is 0 Å². The summed E-state index contributed by atoms with van der Waals surface area (Å²) in [5, 5.41) is 10.8. The molecule has 0 unspecified atom stereocenters. The van der Waals surface area contributed by atoms with Gasteiger partial charge < -0.3 is 14.6 Å². The summed E-state index contributed by atoms with van der Waals surface area (Å²) >= 11 is 0. The highest BCUT2D eigenvalue weighted by molar-refractivity contribution is 5.63. The summed E-state index contributed by atoms with van der Waals surface area (Å²) in [5.74, 6) is 0.215. The van der Waals surface area contributed by atoms with Crippen molar-refractivity contribution in [2.75, 3.05) is 13.1 Å². The Balaban J connectivity index is 1.40. The molecule has 0 bridgehead atoms. The number of likely N-dealkylation sites (tertiary alicyclic amines) is 1. The molecule has 0 amide bonds. The Morgan fingerprint density at radius 3 is 2.37 bits per heavy atom. The van der Waals surface area contributed by atoms with E-state index in [0.717, 1.165) is 31.4 Å². The third kappa shape index (κ3) is 5.00. The maximum Gasteiger partial charge on any atom is 0.120 e. The first kappa shape index (κ1) is 21.2. The number of nitrogens with zero attached hydrogens (tertiary/aromatic N) is 1. The summed E-state index contributed by atoms with van der Waals surface area (Å²) in [6.07, 6.45) is 6.28. The van der Waals surface area contributed by atoms with E-state index in [1.54, 1.807) is 0 Å². The number of aliphatic hydroxyl groups excluding tert-OH is 1. The molecule has 160 valence electrons. The van der Waals surface area contributed by atoms with E-state index in [9.17, 15) is 9.90 Å². The summed E-state index contributed by atoms with van der Waals surface area (Å²) in [6.45, 7) is 2.64. The predicted octanol–water partition coefficient (Wildman–Crippen LogP) is 4.45. The van der Waals surface area contributed by atoms with Crippen LogP contribution in [0.4, 0.5) is 0 Å². The van der Waals surface area contributed by atoms with E-state index in [1.165, 1.54) is 30.4 Å². The van der Waals surface area contributed by atoms with Gasteiger partial charge >= 0.3 is 0 Å². The van der Waals surface area contributed by atoms with Crippen molar-refractivity contribution in [3.63, 3.8) is 0 Å². The second-order valence-electron chi connectivity index (χ2n) is 8.71. The molecule has 2 fully saturated rings. The average molecular weight is 408 g/mol. The van der Waals surface area contributed by atoms with Gasteiger partial charge in [-0.2, -0.15) is 0 Å². The smallest absolute Gasteiger partial charge is 0.120 e. The van der Waals surface area contributed by atoms with Crippen LogP contribution in [0.1, 0.15) is 44.1 Å². The molecule has 1 aliphatic heterocycles. The fraction of sp³-hybridized carbons (Fsp3) is 0.500. The molecular weight excluding hydrogens is 374 g/mol. The van der Waals surface area contributed by atoms with Crippen LogP contribution in [0.15, 0.2) is 54.6 Å². The van der Waals surface area contributed by atoms with Gasteiger partial charge in [-0.05, 0) is 49.0 Å². The lowest BCUT2D eigenvalue weighted by Gasteiger charge is -2.38. The lowest BCUT2D eigenvalue weighted by Crippen LogP contribution is -2.47. The zero-order valence-electron chi connectivity index (χ0n) is 17.7. The standard InChI is InChI=1S/C26H33NO3/c28-17-7-10-23-25(18-24(29)26(23)27-15-5-2-6-16-27)30-19-20-11-13-22(14-12-20)21-8-3-1-4-9-21/h1,3-4,8-9,11-14,17,23-26,29H,2,5-7,10,15-16,18-19H2/t23-,24+,25-,26+/m0/s1. The Kier molecular flexibility index (Phi) is 7.32. The summed E-state index contributed by atoms with van der Waals surface area (Å²) in [7, 11) is 0. The second-order valence-corrected chi connectivity index (χ2v) is 8.71. The molecule has 4 nitrogen and oxygen atoms in total. The SMILES string of the molecule is O=CCC[C@@H]1[C@@H](N2CCCCC2)[C@H](O)C[C@@H]1OCc1ccc(-c2ccccc2)cc1. The normalized spacial score (nSPS) is 27.2. The number of hydrogen-bond donors (Lipinski definition) is 1. The fourth-order valence-corrected chi connectivity index (χ4v) is 5.22. The predicted molar refractivity (Wildman–Crippen MR) is 119 cm³/mol. The van der Waals surface area contributed by atoms with Gasteiger partial charge in [-0.3, -0.25) is 4.90 Å². The van der Waals surface area contributed by atoms with Crippen molar-refractivity contribution in [3.05, 3.63) is 60.2 Å². The van der Waals surface area contributed by atoms with Gasteiger partial charge in [0, 0.05) is 24.8 Å². The number of piperidine rings is 1. The van der Waals surface area contributed by atoms with Crippen molar-refractivity contribution >= 4 is 6.29 Å². The van der Waals surface area contributed by atoms with Crippen LogP contribution >= 0.6 is 0 Å². The van der Waals surface area contributed by atoms with Crippen molar-refractivity contribution in [3.8, 4) is 11.1 Å². The number of aldehydes is 1. The van der Waals surface area contributed by atoms with Gasteiger partial charge in [-0.25, -0.2) is 0 Å². The first-order chi connectivity index (χ1) is 14.8. The molecule has 4 atom stereocenters. The first-order valence-corrected chi connectivity index (χ1v) is 11.4. The van der Waals surface area contributed by atoms with Crippen molar-refractivity contribution in [1.82, 2.24) is 4.90 Å². The largest absolute Gasteiger partial charge is 0.391 e. The minimum Gasteiger partial charge on any atom is -0.391 e. The molecule has 0 radical (unpaired) electrons. The van der Waals surface area contributed by atoms with Crippen LogP contribution in [0.3, 0.4) is 0 Å². The van der Waals surface area contributed by atoms with Crippen LogP contribution in [0.2, 0.25) is 0 Å². The lowest BCUT2D eigenvalue weighted by atomic mass is 9.93. The van der Waals surface area contributed by atoms with Gasteiger partial charge in [0.05, 0.1) is 18.8 Å². The highest BCUT2D eigenvalue weighted by Crippen LogP contribution is 2.37. The Hall–Kier alpha value is -2.01. The molecule has 1 saturated heterocycles.